The number of rotatable bonds is 5. The van der Waals surface area contributed by atoms with Crippen molar-refractivity contribution in [2.75, 3.05) is 0 Å². The highest BCUT2D eigenvalue weighted by Crippen LogP contribution is 2.39. The zero-order valence-corrected chi connectivity index (χ0v) is 21.6. The molecule has 5 rings (SSSR count). The smallest absolute Gasteiger partial charge is 0.0979 e. The van der Waals surface area contributed by atoms with Gasteiger partial charge < -0.3 is 0 Å². The predicted octanol–water partition coefficient (Wildman–Crippen LogP) is 9.47. The van der Waals surface area contributed by atoms with Crippen LogP contribution in [0.4, 0.5) is 11.4 Å². The van der Waals surface area contributed by atoms with E-state index >= 15 is 0 Å². The minimum Gasteiger partial charge on any atom is -0.246 e. The van der Waals surface area contributed by atoms with E-state index in [1.807, 2.05) is 0 Å². The van der Waals surface area contributed by atoms with Gasteiger partial charge in [0.15, 0.2) is 0 Å². The van der Waals surface area contributed by atoms with E-state index < -0.39 is 0 Å². The van der Waals surface area contributed by atoms with Crippen molar-refractivity contribution in [2.45, 2.75) is 59.3 Å². The molecule has 0 saturated heterocycles. The molecule has 2 nitrogen and oxygen atoms in total. The highest BCUT2D eigenvalue weighted by atomic mass is 14.8. The number of benzene rings is 4. The molecule has 176 valence electrons. The van der Waals surface area contributed by atoms with Crippen LogP contribution in [0.1, 0.15) is 87.1 Å². The van der Waals surface area contributed by atoms with Crippen molar-refractivity contribution in [1.29, 1.82) is 0 Å². The predicted molar refractivity (Wildman–Crippen MR) is 151 cm³/mol. The lowest BCUT2D eigenvalue weighted by molar-refractivity contribution is 0.835. The van der Waals surface area contributed by atoms with Crippen LogP contribution in [0.3, 0.4) is 0 Å². The summed E-state index contributed by atoms with van der Waals surface area (Å²) in [5, 5.41) is 2.49. The molecule has 0 saturated carbocycles. The Balaban J connectivity index is 1.84. The van der Waals surface area contributed by atoms with Crippen LogP contribution in [0.15, 0.2) is 88.8 Å². The van der Waals surface area contributed by atoms with Gasteiger partial charge in [0.1, 0.15) is 0 Å². The minimum absolute atomic E-state index is 0.384. The van der Waals surface area contributed by atoms with E-state index in [1.54, 1.807) is 0 Å². The molecule has 0 heterocycles. The lowest BCUT2D eigenvalue weighted by Crippen LogP contribution is -2.11. The van der Waals surface area contributed by atoms with E-state index in [-0.39, 0.29) is 0 Å². The first-order chi connectivity index (χ1) is 16.9. The largest absolute Gasteiger partial charge is 0.246 e. The van der Waals surface area contributed by atoms with Crippen molar-refractivity contribution in [1.82, 2.24) is 0 Å². The van der Waals surface area contributed by atoms with E-state index in [1.165, 1.54) is 38.6 Å². The van der Waals surface area contributed by atoms with Crippen molar-refractivity contribution in [3.05, 3.63) is 107 Å². The highest BCUT2D eigenvalue weighted by Gasteiger charge is 2.28. The van der Waals surface area contributed by atoms with Crippen LogP contribution in [-0.2, 0) is 0 Å². The number of aliphatic imine (C=N–C) groups is 2. The van der Waals surface area contributed by atoms with Gasteiger partial charge in [-0.25, -0.2) is 9.98 Å². The second kappa shape index (κ2) is 9.26. The number of hydrogen-bond acceptors (Lipinski definition) is 2. The van der Waals surface area contributed by atoms with E-state index in [4.69, 9.17) is 9.98 Å². The average Bonchev–Trinajstić information content (AvgIpc) is 3.13. The maximum Gasteiger partial charge on any atom is 0.0979 e. The summed E-state index contributed by atoms with van der Waals surface area (Å²) in [6.07, 6.45) is 0. The van der Waals surface area contributed by atoms with Gasteiger partial charge in [0.2, 0.25) is 0 Å². The van der Waals surface area contributed by atoms with Crippen molar-refractivity contribution in [3.8, 4) is 0 Å². The van der Waals surface area contributed by atoms with Gasteiger partial charge >= 0.3 is 0 Å². The van der Waals surface area contributed by atoms with Crippen molar-refractivity contribution >= 4 is 33.6 Å². The molecule has 0 radical (unpaired) electrons. The second-order valence-electron chi connectivity index (χ2n) is 10.4. The minimum atomic E-state index is 0.384. The van der Waals surface area contributed by atoms with Crippen molar-refractivity contribution in [2.24, 2.45) is 9.98 Å². The Morgan fingerprint density at radius 1 is 0.486 bits per heavy atom. The molecular weight excluding hydrogens is 424 g/mol. The quantitative estimate of drug-likeness (QED) is 0.284. The third-order valence-electron chi connectivity index (χ3n) is 7.00. The summed E-state index contributed by atoms with van der Waals surface area (Å²) >= 11 is 0. The maximum absolute atomic E-state index is 5.48. The van der Waals surface area contributed by atoms with Gasteiger partial charge in [0, 0.05) is 16.5 Å². The molecule has 0 aliphatic heterocycles. The first-order valence-corrected chi connectivity index (χ1v) is 12.8. The lowest BCUT2D eigenvalue weighted by Gasteiger charge is -2.17. The fraction of sp³-hybridized carbons (Fsp3) is 0.273. The zero-order valence-electron chi connectivity index (χ0n) is 21.6. The molecule has 0 aromatic heterocycles. The van der Waals surface area contributed by atoms with E-state index in [2.05, 4.69) is 120 Å². The fourth-order valence-electron chi connectivity index (χ4n) is 5.17. The molecule has 4 aromatic carbocycles. The Morgan fingerprint density at radius 3 is 1.54 bits per heavy atom. The first kappa shape index (κ1) is 23.2. The number of hydrogen-bond donors (Lipinski definition) is 0. The van der Waals surface area contributed by atoms with Gasteiger partial charge in [-0.2, -0.15) is 0 Å². The SMILES string of the molecule is CC(C)c1ccccc1N=C1C(=Nc2c(C(C)C)cccc2C(C)C)c2cccc3cccc1c23. The molecule has 35 heavy (non-hydrogen) atoms. The summed E-state index contributed by atoms with van der Waals surface area (Å²) in [4.78, 5) is 10.8. The number of para-hydroxylation sites is 2. The van der Waals surface area contributed by atoms with Gasteiger partial charge in [-0.05, 0) is 45.9 Å². The molecule has 0 spiro atoms. The molecule has 1 aliphatic rings. The topological polar surface area (TPSA) is 24.7 Å². The zero-order chi connectivity index (χ0) is 24.7. The Morgan fingerprint density at radius 2 is 0.971 bits per heavy atom. The van der Waals surface area contributed by atoms with Gasteiger partial charge in [-0.3, -0.25) is 0 Å². The second-order valence-corrected chi connectivity index (χ2v) is 10.4. The highest BCUT2D eigenvalue weighted by molar-refractivity contribution is 6.61. The fourth-order valence-corrected chi connectivity index (χ4v) is 5.17. The molecule has 0 amide bonds. The third kappa shape index (κ3) is 4.12. The summed E-state index contributed by atoms with van der Waals surface area (Å²) in [5.74, 6) is 1.16. The van der Waals surface area contributed by atoms with E-state index in [9.17, 15) is 0 Å². The Labute approximate surface area is 209 Å². The first-order valence-electron chi connectivity index (χ1n) is 12.8. The summed E-state index contributed by atoms with van der Waals surface area (Å²) < 4.78 is 0. The summed E-state index contributed by atoms with van der Waals surface area (Å²) in [6.45, 7) is 13.5. The van der Waals surface area contributed by atoms with Crippen molar-refractivity contribution in [3.63, 3.8) is 0 Å². The molecular formula is C33H34N2. The standard InChI is InChI=1S/C33H34N2/c1-20(2)24-14-7-8-19-29(24)34-32-27-17-9-12-23-13-10-18-28(30(23)27)33(32)35-31-25(21(3)4)15-11-16-26(31)22(5)6/h7-22H,1-6H3. The lowest BCUT2D eigenvalue weighted by atomic mass is 9.92. The molecule has 1 aliphatic carbocycles. The molecule has 0 fully saturated rings. The summed E-state index contributed by atoms with van der Waals surface area (Å²) in [6, 6.07) is 28.2. The van der Waals surface area contributed by atoms with Gasteiger partial charge in [0.25, 0.3) is 0 Å². The molecule has 2 heteroatoms. The molecule has 0 N–H and O–H groups in total. The van der Waals surface area contributed by atoms with Crippen LogP contribution in [0.25, 0.3) is 10.8 Å². The van der Waals surface area contributed by atoms with Crippen LogP contribution in [0, 0.1) is 0 Å². The third-order valence-corrected chi connectivity index (χ3v) is 7.00. The van der Waals surface area contributed by atoms with Crippen LogP contribution in [-0.4, -0.2) is 11.4 Å². The van der Waals surface area contributed by atoms with Crippen LogP contribution in [0.5, 0.6) is 0 Å². The average molecular weight is 459 g/mol. The van der Waals surface area contributed by atoms with Gasteiger partial charge in [-0.1, -0.05) is 114 Å². The van der Waals surface area contributed by atoms with Crippen LogP contribution in [0.2, 0.25) is 0 Å². The number of nitrogens with zero attached hydrogens (tertiary/aromatic N) is 2. The Hall–Kier alpha value is -3.52. The summed E-state index contributed by atoms with van der Waals surface area (Å²) in [5.41, 5.74) is 10.2. The Kier molecular flexibility index (Phi) is 6.15. The van der Waals surface area contributed by atoms with E-state index in [0.29, 0.717) is 17.8 Å². The van der Waals surface area contributed by atoms with Crippen molar-refractivity contribution < 1.29 is 0 Å². The van der Waals surface area contributed by atoms with Gasteiger partial charge in [-0.15, -0.1) is 0 Å². The van der Waals surface area contributed by atoms with Crippen LogP contribution < -0.4 is 0 Å². The summed E-state index contributed by atoms with van der Waals surface area (Å²) in [7, 11) is 0. The van der Waals surface area contributed by atoms with Crippen LogP contribution >= 0.6 is 0 Å². The van der Waals surface area contributed by atoms with Gasteiger partial charge in [0.05, 0.1) is 22.8 Å². The normalized spacial score (nSPS) is 15.5. The molecule has 0 bridgehead atoms. The monoisotopic (exact) mass is 458 g/mol. The molecule has 4 aromatic rings. The Bertz CT molecular complexity index is 1440. The molecule has 0 unspecified atom stereocenters. The molecule has 0 atom stereocenters. The maximum atomic E-state index is 5.48. The van der Waals surface area contributed by atoms with E-state index in [0.717, 1.165) is 22.8 Å².